The number of hydrogen-bond acceptors (Lipinski definition) is 6. The number of ether oxygens (including phenoxy) is 1. The molecule has 2 aliphatic rings. The summed E-state index contributed by atoms with van der Waals surface area (Å²) in [5.41, 5.74) is 7.41. The molecule has 5 atom stereocenters. The van der Waals surface area contributed by atoms with Crippen molar-refractivity contribution in [3.8, 4) is 5.75 Å². The molecule has 1 heterocycles. The number of aliphatic hydroxyl groups is 2. The molecule has 138 valence electrons. The van der Waals surface area contributed by atoms with Gasteiger partial charge in [0.25, 0.3) is 0 Å². The second-order valence-electron chi connectivity index (χ2n) is 6.76. The smallest absolute Gasteiger partial charge is 0.335 e. The molecule has 0 spiro atoms. The molecule has 3 rings (SSSR count). The van der Waals surface area contributed by atoms with Crippen molar-refractivity contribution >= 4 is 11.9 Å². The summed E-state index contributed by atoms with van der Waals surface area (Å²) in [5, 5.41) is 32.5. The molecule has 1 aromatic carbocycles. The van der Waals surface area contributed by atoms with Crippen molar-refractivity contribution in [1.29, 1.82) is 0 Å². The second kappa shape index (κ2) is 7.38. The maximum absolute atomic E-state index is 9.77. The number of nitrogens with two attached hydrogens (primary N) is 1. The lowest BCUT2D eigenvalue weighted by Crippen LogP contribution is -2.48. The third-order valence-electron chi connectivity index (χ3n) is 4.48. The summed E-state index contributed by atoms with van der Waals surface area (Å²) in [5.74, 6) is -1.86. The minimum atomic E-state index is -2.27. The van der Waals surface area contributed by atoms with Crippen molar-refractivity contribution in [3.05, 3.63) is 29.8 Å². The Bertz CT molecular complexity index is 632. The average molecular weight is 353 g/mol. The number of aliphatic carboxylic acids is 2. The number of carbonyl (C=O) groups is 2. The number of aliphatic hydroxyl groups excluding tert-OH is 2. The lowest BCUT2D eigenvalue weighted by Gasteiger charge is -2.46. The van der Waals surface area contributed by atoms with E-state index in [4.69, 9.17) is 30.9 Å². The van der Waals surface area contributed by atoms with Gasteiger partial charge >= 0.3 is 11.9 Å². The summed E-state index contributed by atoms with van der Waals surface area (Å²) in [7, 11) is 0. The lowest BCUT2D eigenvalue weighted by molar-refractivity contribution is -0.165. The van der Waals surface area contributed by atoms with Gasteiger partial charge in [0.1, 0.15) is 11.4 Å². The van der Waals surface area contributed by atoms with Gasteiger partial charge in [0, 0.05) is 12.5 Å². The number of fused-ring (bicyclic) bond motifs is 4. The Hall–Kier alpha value is -2.16. The molecule has 1 saturated carbocycles. The van der Waals surface area contributed by atoms with Crippen LogP contribution in [0, 0.1) is 0 Å². The molecule has 4 unspecified atom stereocenters. The number of rotatable bonds is 3. The largest absolute Gasteiger partial charge is 0.487 e. The zero-order valence-electron chi connectivity index (χ0n) is 13.8. The molecule has 0 amide bonds. The highest BCUT2D eigenvalue weighted by Crippen LogP contribution is 2.48. The molecule has 0 saturated heterocycles. The monoisotopic (exact) mass is 353 g/mol. The summed E-state index contributed by atoms with van der Waals surface area (Å²) >= 11 is 0. The van der Waals surface area contributed by atoms with E-state index < -0.39 is 24.1 Å². The number of para-hydroxylation sites is 1. The Balaban J connectivity index is 0.000000199. The van der Waals surface area contributed by atoms with E-state index in [1.807, 2.05) is 6.07 Å². The van der Waals surface area contributed by atoms with Crippen LogP contribution in [-0.4, -0.2) is 56.2 Å². The Kier molecular flexibility index (Phi) is 5.66. The van der Waals surface area contributed by atoms with Crippen molar-refractivity contribution in [2.24, 2.45) is 5.73 Å². The zero-order chi connectivity index (χ0) is 18.8. The molecule has 6 N–H and O–H groups in total. The van der Waals surface area contributed by atoms with Crippen LogP contribution >= 0.6 is 0 Å². The maximum Gasteiger partial charge on any atom is 0.335 e. The molecule has 8 heteroatoms. The van der Waals surface area contributed by atoms with Crippen LogP contribution in [0.5, 0.6) is 5.75 Å². The lowest BCUT2D eigenvalue weighted by atomic mass is 9.72. The third-order valence-corrected chi connectivity index (χ3v) is 4.48. The summed E-state index contributed by atoms with van der Waals surface area (Å²) in [6.45, 7) is 2.19. The van der Waals surface area contributed by atoms with Crippen molar-refractivity contribution in [2.45, 2.75) is 56.0 Å². The molecule has 25 heavy (non-hydrogen) atoms. The molecule has 0 radical (unpaired) electrons. The van der Waals surface area contributed by atoms with Crippen LogP contribution < -0.4 is 10.5 Å². The van der Waals surface area contributed by atoms with Crippen molar-refractivity contribution in [2.75, 3.05) is 0 Å². The number of carboxylic acid groups (broad SMARTS) is 2. The first-order valence-corrected chi connectivity index (χ1v) is 7.98. The normalized spacial score (nSPS) is 29.1. The summed E-state index contributed by atoms with van der Waals surface area (Å²) in [6, 6.07) is 8.68. The molecule has 1 aliphatic carbocycles. The minimum absolute atomic E-state index is 0.0311. The molecule has 2 bridgehead atoms. The topological polar surface area (TPSA) is 150 Å². The second-order valence-corrected chi connectivity index (χ2v) is 6.76. The highest BCUT2D eigenvalue weighted by Gasteiger charge is 2.42. The van der Waals surface area contributed by atoms with Crippen LogP contribution in [0.4, 0.5) is 0 Å². The molecule has 1 fully saturated rings. The van der Waals surface area contributed by atoms with Gasteiger partial charge in [0.05, 0.1) is 0 Å². The predicted octanol–water partition coefficient (Wildman–Crippen LogP) is 0.310. The molecule has 0 aromatic heterocycles. The van der Waals surface area contributed by atoms with Crippen molar-refractivity contribution in [3.63, 3.8) is 0 Å². The molecular weight excluding hydrogens is 330 g/mol. The van der Waals surface area contributed by atoms with Gasteiger partial charge in [-0.25, -0.2) is 9.59 Å². The molecular formula is C17H23NO7. The number of carboxylic acids is 2. The number of hydrogen-bond donors (Lipinski definition) is 5. The van der Waals surface area contributed by atoms with Gasteiger partial charge in [-0.15, -0.1) is 0 Å². The Labute approximate surface area is 144 Å². The van der Waals surface area contributed by atoms with E-state index in [1.165, 1.54) is 5.56 Å². The quantitative estimate of drug-likeness (QED) is 0.521. The van der Waals surface area contributed by atoms with Crippen LogP contribution in [0.15, 0.2) is 24.3 Å². The fraction of sp³-hybridized carbons (Fsp3) is 0.529. The highest BCUT2D eigenvalue weighted by molar-refractivity contribution is 5.83. The first-order chi connectivity index (χ1) is 11.6. The van der Waals surface area contributed by atoms with E-state index in [-0.39, 0.29) is 5.60 Å². The van der Waals surface area contributed by atoms with Gasteiger partial charge in [0.2, 0.25) is 0 Å². The SMILES string of the molecule is CC12CC(C[C@H](N)C1)c1ccccc1O2.O=C(O)C(O)C(O)C(=O)O. The fourth-order valence-corrected chi connectivity index (χ4v) is 3.46. The van der Waals surface area contributed by atoms with Gasteiger partial charge in [0.15, 0.2) is 12.2 Å². The van der Waals surface area contributed by atoms with E-state index in [0.29, 0.717) is 12.0 Å². The Morgan fingerprint density at radius 1 is 1.16 bits per heavy atom. The number of benzene rings is 1. The Morgan fingerprint density at radius 2 is 1.72 bits per heavy atom. The van der Waals surface area contributed by atoms with Gasteiger partial charge in [-0.1, -0.05) is 18.2 Å². The van der Waals surface area contributed by atoms with E-state index in [0.717, 1.165) is 25.0 Å². The standard InChI is InChI=1S/C13H17NO.C4H6O6/c1-13-7-9(6-10(14)8-13)11-4-2-3-5-12(11)15-13;5-1(3(7)8)2(6)4(9)10/h2-5,9-10H,6-8,14H2,1H3;1-2,5-6H,(H,7,8)(H,9,10)/t9?,10-,13?;/m0./s1. The summed E-state index contributed by atoms with van der Waals surface area (Å²) in [4.78, 5) is 19.5. The van der Waals surface area contributed by atoms with E-state index in [9.17, 15) is 9.59 Å². The summed E-state index contributed by atoms with van der Waals surface area (Å²) in [6.07, 6.45) is -1.32. The van der Waals surface area contributed by atoms with Crippen LogP contribution in [0.25, 0.3) is 0 Å². The highest BCUT2D eigenvalue weighted by atomic mass is 16.5. The minimum Gasteiger partial charge on any atom is -0.487 e. The van der Waals surface area contributed by atoms with Crippen LogP contribution in [0.3, 0.4) is 0 Å². The van der Waals surface area contributed by atoms with E-state index in [1.54, 1.807) is 0 Å². The maximum atomic E-state index is 9.77. The zero-order valence-corrected chi connectivity index (χ0v) is 13.8. The van der Waals surface area contributed by atoms with E-state index >= 15 is 0 Å². The third kappa shape index (κ3) is 4.47. The van der Waals surface area contributed by atoms with E-state index in [2.05, 4.69) is 25.1 Å². The molecule has 8 nitrogen and oxygen atoms in total. The predicted molar refractivity (Wildman–Crippen MR) is 87.3 cm³/mol. The first kappa shape index (κ1) is 19.2. The van der Waals surface area contributed by atoms with Gasteiger partial charge in [-0.05, 0) is 37.3 Å². The first-order valence-electron chi connectivity index (χ1n) is 7.98. The van der Waals surface area contributed by atoms with Gasteiger partial charge in [-0.2, -0.15) is 0 Å². The average Bonchev–Trinajstić information content (AvgIpc) is 2.52. The molecule has 1 aliphatic heterocycles. The fourth-order valence-electron chi connectivity index (χ4n) is 3.46. The van der Waals surface area contributed by atoms with Gasteiger partial charge in [-0.3, -0.25) is 0 Å². The Morgan fingerprint density at radius 3 is 2.28 bits per heavy atom. The molecule has 1 aromatic rings. The van der Waals surface area contributed by atoms with Crippen molar-refractivity contribution in [1.82, 2.24) is 0 Å². The van der Waals surface area contributed by atoms with Gasteiger partial charge < -0.3 is 30.9 Å². The summed E-state index contributed by atoms with van der Waals surface area (Å²) < 4.78 is 6.08. The van der Waals surface area contributed by atoms with Crippen molar-refractivity contribution < 1.29 is 34.8 Å². The van der Waals surface area contributed by atoms with Crippen LogP contribution in [0.1, 0.15) is 37.7 Å². The van der Waals surface area contributed by atoms with Crippen LogP contribution in [-0.2, 0) is 9.59 Å². The van der Waals surface area contributed by atoms with Crippen LogP contribution in [0.2, 0.25) is 0 Å².